The molecule has 0 fully saturated rings. The van der Waals surface area contributed by atoms with Crippen LogP contribution >= 0.6 is 0 Å². The summed E-state index contributed by atoms with van der Waals surface area (Å²) < 4.78 is 28.3. The van der Waals surface area contributed by atoms with Gasteiger partial charge in [0.05, 0.1) is 23.7 Å². The summed E-state index contributed by atoms with van der Waals surface area (Å²) in [6.07, 6.45) is 8.38. The van der Waals surface area contributed by atoms with Gasteiger partial charge in [-0.15, -0.1) is 0 Å². The minimum absolute atomic E-state index is 0.0652. The summed E-state index contributed by atoms with van der Waals surface area (Å²) in [5.41, 5.74) is 3.25. The molecular weight excluding hydrogens is 400 g/mol. The zero-order chi connectivity index (χ0) is 21.1. The Labute approximate surface area is 173 Å². The van der Waals surface area contributed by atoms with E-state index in [2.05, 4.69) is 15.1 Å². The first-order chi connectivity index (χ1) is 14.5. The summed E-state index contributed by atoms with van der Waals surface area (Å²) in [7, 11) is -2.64. The summed E-state index contributed by atoms with van der Waals surface area (Å²) >= 11 is 0. The second-order valence-electron chi connectivity index (χ2n) is 6.36. The average Bonchev–Trinajstić information content (AvgIpc) is 3.20. The molecule has 0 amide bonds. The van der Waals surface area contributed by atoms with Gasteiger partial charge in [0.15, 0.2) is 0 Å². The Morgan fingerprint density at radius 2 is 1.93 bits per heavy atom. The Bertz CT molecular complexity index is 1390. The first-order valence-corrected chi connectivity index (χ1v) is 10.3. The van der Waals surface area contributed by atoms with Crippen molar-refractivity contribution in [3.05, 3.63) is 84.6 Å². The molecule has 30 heavy (non-hydrogen) atoms. The Hall–Kier alpha value is -4.03. The van der Waals surface area contributed by atoms with Crippen LogP contribution in [0.2, 0.25) is 0 Å². The molecule has 8 nitrogen and oxygen atoms in total. The molecule has 0 spiro atoms. The maximum atomic E-state index is 12.8. The maximum Gasteiger partial charge on any atom is 0.280 e. The van der Waals surface area contributed by atoms with Gasteiger partial charge in [0.2, 0.25) is 0 Å². The standard InChI is InChI=1S/C21H16N6O2S/c1-26(30(28,29)20-7-3-2-5-16(20)11-22)25-14-19-13-24-21-9-8-18(15-27(19)21)17-6-4-10-23-12-17/h2-10,12-15H,1H3. The molecule has 0 bridgehead atoms. The van der Waals surface area contributed by atoms with Crippen LogP contribution in [-0.2, 0) is 10.0 Å². The second kappa shape index (κ2) is 7.77. The molecule has 0 aliphatic heterocycles. The van der Waals surface area contributed by atoms with E-state index >= 15 is 0 Å². The third-order valence-electron chi connectivity index (χ3n) is 4.51. The van der Waals surface area contributed by atoms with E-state index < -0.39 is 10.0 Å². The summed E-state index contributed by atoms with van der Waals surface area (Å²) in [6.45, 7) is 0. The normalized spacial score (nSPS) is 11.6. The van der Waals surface area contributed by atoms with Crippen LogP contribution in [0, 0.1) is 11.3 Å². The number of hydrogen-bond acceptors (Lipinski definition) is 6. The molecule has 148 valence electrons. The number of rotatable bonds is 5. The largest absolute Gasteiger partial charge is 0.298 e. The summed E-state index contributed by atoms with van der Waals surface area (Å²) in [5, 5.41) is 13.3. The molecule has 4 rings (SSSR count). The Morgan fingerprint density at radius 1 is 1.10 bits per heavy atom. The molecule has 0 aliphatic carbocycles. The molecule has 0 aliphatic rings. The molecule has 4 aromatic rings. The lowest BCUT2D eigenvalue weighted by molar-refractivity contribution is 0.490. The van der Waals surface area contributed by atoms with Crippen LogP contribution in [0.4, 0.5) is 0 Å². The van der Waals surface area contributed by atoms with E-state index in [1.54, 1.807) is 30.7 Å². The lowest BCUT2D eigenvalue weighted by Gasteiger charge is -2.14. The molecule has 3 heterocycles. The van der Waals surface area contributed by atoms with Crippen molar-refractivity contribution >= 4 is 21.9 Å². The fourth-order valence-electron chi connectivity index (χ4n) is 2.93. The number of imidazole rings is 1. The highest BCUT2D eigenvalue weighted by atomic mass is 32.2. The molecule has 0 N–H and O–H groups in total. The van der Waals surface area contributed by atoms with Crippen LogP contribution in [0.3, 0.4) is 0 Å². The fourth-order valence-corrected chi connectivity index (χ4v) is 4.03. The lowest BCUT2D eigenvalue weighted by Crippen LogP contribution is -2.22. The van der Waals surface area contributed by atoms with E-state index in [9.17, 15) is 13.7 Å². The van der Waals surface area contributed by atoms with Gasteiger partial charge in [-0.25, -0.2) is 4.98 Å². The highest BCUT2D eigenvalue weighted by Crippen LogP contribution is 2.20. The van der Waals surface area contributed by atoms with Gasteiger partial charge < -0.3 is 0 Å². The quantitative estimate of drug-likeness (QED) is 0.368. The van der Waals surface area contributed by atoms with Crippen molar-refractivity contribution in [2.45, 2.75) is 4.90 Å². The van der Waals surface area contributed by atoms with Gasteiger partial charge in [-0.2, -0.15) is 23.2 Å². The van der Waals surface area contributed by atoms with E-state index in [0.717, 1.165) is 15.5 Å². The fraction of sp³-hybridized carbons (Fsp3) is 0.0476. The van der Waals surface area contributed by atoms with Crippen LogP contribution < -0.4 is 0 Å². The van der Waals surface area contributed by atoms with Crippen molar-refractivity contribution in [1.82, 2.24) is 18.8 Å². The first kappa shape index (κ1) is 19.3. The third kappa shape index (κ3) is 3.52. The lowest BCUT2D eigenvalue weighted by atomic mass is 10.1. The zero-order valence-corrected chi connectivity index (χ0v) is 16.7. The number of fused-ring (bicyclic) bond motifs is 1. The maximum absolute atomic E-state index is 12.8. The molecule has 3 aromatic heterocycles. The van der Waals surface area contributed by atoms with E-state index in [4.69, 9.17) is 0 Å². The topological polar surface area (TPSA) is 104 Å². The highest BCUT2D eigenvalue weighted by Gasteiger charge is 2.22. The molecule has 1 aromatic carbocycles. The minimum Gasteiger partial charge on any atom is -0.298 e. The Balaban J connectivity index is 1.68. The van der Waals surface area contributed by atoms with Crippen molar-refractivity contribution < 1.29 is 8.42 Å². The molecule has 9 heteroatoms. The number of aromatic nitrogens is 3. The third-order valence-corrected chi connectivity index (χ3v) is 6.22. The predicted molar refractivity (Wildman–Crippen MR) is 112 cm³/mol. The van der Waals surface area contributed by atoms with Crippen molar-refractivity contribution in [3.63, 3.8) is 0 Å². The van der Waals surface area contributed by atoms with Gasteiger partial charge in [0, 0.05) is 36.8 Å². The average molecular weight is 416 g/mol. The monoisotopic (exact) mass is 416 g/mol. The summed E-state index contributed by atoms with van der Waals surface area (Å²) in [5.74, 6) is 0. The van der Waals surface area contributed by atoms with Crippen LogP contribution in [0.15, 0.2) is 83.3 Å². The van der Waals surface area contributed by atoms with Crippen molar-refractivity contribution in [2.24, 2.45) is 5.10 Å². The van der Waals surface area contributed by atoms with E-state index in [0.29, 0.717) is 11.3 Å². The summed E-state index contributed by atoms with van der Waals surface area (Å²) in [4.78, 5) is 8.36. The number of nitrogens with zero attached hydrogens (tertiary/aromatic N) is 6. The SMILES string of the molecule is CN(N=Cc1cnc2ccc(-c3cccnc3)cn12)S(=O)(=O)c1ccccc1C#N. The van der Waals surface area contributed by atoms with E-state index in [1.165, 1.54) is 25.4 Å². The molecule has 0 saturated carbocycles. The van der Waals surface area contributed by atoms with Gasteiger partial charge in [-0.05, 0) is 30.3 Å². The Morgan fingerprint density at radius 3 is 2.70 bits per heavy atom. The number of pyridine rings is 2. The van der Waals surface area contributed by atoms with Crippen LogP contribution in [0.25, 0.3) is 16.8 Å². The number of nitriles is 1. The second-order valence-corrected chi connectivity index (χ2v) is 8.28. The molecular formula is C21H16N6O2S. The van der Waals surface area contributed by atoms with Gasteiger partial charge >= 0.3 is 0 Å². The zero-order valence-electron chi connectivity index (χ0n) is 15.9. The number of hydrazone groups is 1. The van der Waals surface area contributed by atoms with Crippen LogP contribution in [0.1, 0.15) is 11.3 Å². The van der Waals surface area contributed by atoms with E-state index in [-0.39, 0.29) is 10.5 Å². The molecule has 0 unspecified atom stereocenters. The van der Waals surface area contributed by atoms with Crippen LogP contribution in [-0.4, -0.2) is 40.5 Å². The number of hydrogen-bond donors (Lipinski definition) is 0. The number of sulfonamides is 1. The summed E-state index contributed by atoms with van der Waals surface area (Å²) in [6, 6.07) is 15.5. The molecule has 0 atom stereocenters. The smallest absolute Gasteiger partial charge is 0.280 e. The van der Waals surface area contributed by atoms with Crippen LogP contribution in [0.5, 0.6) is 0 Å². The van der Waals surface area contributed by atoms with Crippen molar-refractivity contribution in [1.29, 1.82) is 5.26 Å². The van der Waals surface area contributed by atoms with Gasteiger partial charge in [-0.3, -0.25) is 9.38 Å². The number of benzene rings is 1. The van der Waals surface area contributed by atoms with Crippen molar-refractivity contribution in [2.75, 3.05) is 7.05 Å². The van der Waals surface area contributed by atoms with Gasteiger partial charge in [0.25, 0.3) is 10.0 Å². The minimum atomic E-state index is -3.96. The molecule has 0 radical (unpaired) electrons. The predicted octanol–water partition coefficient (Wildman–Crippen LogP) is 2.92. The van der Waals surface area contributed by atoms with E-state index in [1.807, 2.05) is 40.9 Å². The van der Waals surface area contributed by atoms with Gasteiger partial charge in [0.1, 0.15) is 16.6 Å². The van der Waals surface area contributed by atoms with Crippen molar-refractivity contribution in [3.8, 4) is 17.2 Å². The first-order valence-electron chi connectivity index (χ1n) is 8.90. The molecule has 0 saturated heterocycles. The highest BCUT2D eigenvalue weighted by molar-refractivity contribution is 7.89. The Kier molecular flexibility index (Phi) is 5.00. The van der Waals surface area contributed by atoms with Gasteiger partial charge in [-0.1, -0.05) is 18.2 Å².